The average Bonchev–Trinajstić information content (AvgIpc) is 3.47. The molecule has 7 nitrogen and oxygen atoms in total. The third-order valence-corrected chi connectivity index (χ3v) is 7.93. The SMILES string of the molecule is Cl.O=C(c1cc2[nH]c(=O)c3cnc(C4CCOCC4)n3c2cc1C1CC1)N1Cc2ccc(Cl)cc2C1. The number of rotatable bonds is 3. The van der Waals surface area contributed by atoms with Gasteiger partial charge in [0.1, 0.15) is 11.3 Å². The van der Waals surface area contributed by atoms with E-state index in [2.05, 4.69) is 16.0 Å². The molecular weight excluding hydrogens is 499 g/mol. The Hall–Kier alpha value is -2.87. The normalized spacial score (nSPS) is 18.0. The van der Waals surface area contributed by atoms with Crippen LogP contribution in [0.25, 0.3) is 16.6 Å². The molecular formula is C27H26Cl2N4O3. The van der Waals surface area contributed by atoms with Crippen LogP contribution in [0.5, 0.6) is 0 Å². The molecule has 36 heavy (non-hydrogen) atoms. The zero-order valence-corrected chi connectivity index (χ0v) is 21.2. The minimum absolute atomic E-state index is 0. The summed E-state index contributed by atoms with van der Waals surface area (Å²) in [5.41, 5.74) is 5.91. The van der Waals surface area contributed by atoms with Crippen LogP contribution in [-0.2, 0) is 17.8 Å². The number of fused-ring (bicyclic) bond motifs is 4. The number of H-pyrrole nitrogens is 1. The third kappa shape index (κ3) is 3.81. The molecule has 4 heterocycles. The van der Waals surface area contributed by atoms with Crippen LogP contribution in [0.3, 0.4) is 0 Å². The van der Waals surface area contributed by atoms with Crippen LogP contribution >= 0.6 is 24.0 Å². The van der Waals surface area contributed by atoms with Crippen LogP contribution in [0.1, 0.15) is 70.4 Å². The van der Waals surface area contributed by atoms with Crippen molar-refractivity contribution in [2.75, 3.05) is 13.2 Å². The number of aromatic nitrogens is 3. The van der Waals surface area contributed by atoms with Gasteiger partial charge in [0.2, 0.25) is 0 Å². The van der Waals surface area contributed by atoms with Gasteiger partial charge in [-0.25, -0.2) is 4.98 Å². The summed E-state index contributed by atoms with van der Waals surface area (Å²) in [6, 6.07) is 9.82. The first-order valence-corrected chi connectivity index (χ1v) is 12.7. The molecule has 2 fully saturated rings. The minimum Gasteiger partial charge on any atom is -0.381 e. The number of carbonyl (C=O) groups is 1. The van der Waals surface area contributed by atoms with Crippen molar-refractivity contribution in [1.82, 2.24) is 19.3 Å². The van der Waals surface area contributed by atoms with Gasteiger partial charge in [0.25, 0.3) is 11.5 Å². The van der Waals surface area contributed by atoms with E-state index in [-0.39, 0.29) is 29.8 Å². The fourth-order valence-corrected chi connectivity index (χ4v) is 5.89. The van der Waals surface area contributed by atoms with Crippen molar-refractivity contribution < 1.29 is 9.53 Å². The number of benzene rings is 2. The Balaban J connectivity index is 0.00000240. The lowest BCUT2D eigenvalue weighted by Crippen LogP contribution is -2.26. The number of nitrogens with one attached hydrogen (secondary N) is 1. The van der Waals surface area contributed by atoms with E-state index in [0.29, 0.717) is 53.8 Å². The van der Waals surface area contributed by atoms with Gasteiger partial charge in [-0.2, -0.15) is 0 Å². The molecule has 0 spiro atoms. The van der Waals surface area contributed by atoms with Crippen molar-refractivity contribution in [3.05, 3.63) is 80.0 Å². The summed E-state index contributed by atoms with van der Waals surface area (Å²) in [5.74, 6) is 1.52. The number of hydrogen-bond acceptors (Lipinski definition) is 4. The second-order valence-electron chi connectivity index (χ2n) is 9.98. The van der Waals surface area contributed by atoms with E-state index in [0.717, 1.165) is 53.7 Å². The van der Waals surface area contributed by atoms with Crippen molar-refractivity contribution >= 4 is 46.5 Å². The predicted octanol–water partition coefficient (Wildman–Crippen LogP) is 5.18. The lowest BCUT2D eigenvalue weighted by molar-refractivity contribution is 0.0750. The summed E-state index contributed by atoms with van der Waals surface area (Å²) in [6.07, 6.45) is 5.60. The standard InChI is InChI=1S/C27H25ClN4O3.ClH/c28-19-4-3-17-13-31(14-18(17)9-19)27(34)21-10-22-23(11-20(21)15-1-2-15)32-24(26(33)30-22)12-29-25(32)16-5-7-35-8-6-16;/h3-4,9-12,15-16H,1-2,5-8,13-14H2,(H,30,33);1H. The van der Waals surface area contributed by atoms with Gasteiger partial charge in [0, 0.05) is 42.8 Å². The molecule has 0 atom stereocenters. The summed E-state index contributed by atoms with van der Waals surface area (Å²) in [6.45, 7) is 2.52. The highest BCUT2D eigenvalue weighted by molar-refractivity contribution is 6.30. The molecule has 1 aliphatic carbocycles. The topological polar surface area (TPSA) is 79.7 Å². The van der Waals surface area contributed by atoms with Gasteiger partial charge in [0.15, 0.2) is 0 Å². The quantitative estimate of drug-likeness (QED) is 0.400. The molecule has 4 aromatic rings. The predicted molar refractivity (Wildman–Crippen MR) is 140 cm³/mol. The van der Waals surface area contributed by atoms with Gasteiger partial charge < -0.3 is 14.6 Å². The highest BCUT2D eigenvalue weighted by atomic mass is 35.5. The zero-order chi connectivity index (χ0) is 23.7. The van der Waals surface area contributed by atoms with Gasteiger partial charge in [-0.3, -0.25) is 14.0 Å². The number of amides is 1. The van der Waals surface area contributed by atoms with E-state index in [1.807, 2.05) is 33.6 Å². The lowest BCUT2D eigenvalue weighted by Gasteiger charge is -2.22. The summed E-state index contributed by atoms with van der Waals surface area (Å²) in [4.78, 5) is 36.3. The van der Waals surface area contributed by atoms with E-state index in [9.17, 15) is 9.59 Å². The molecule has 3 aliphatic rings. The number of carbonyl (C=O) groups excluding carboxylic acids is 1. The largest absolute Gasteiger partial charge is 0.381 e. The fraction of sp³-hybridized carbons (Fsp3) is 0.370. The number of nitrogens with zero attached hydrogens (tertiary/aromatic N) is 3. The number of ether oxygens (including phenoxy) is 1. The monoisotopic (exact) mass is 524 g/mol. The van der Waals surface area contributed by atoms with Crippen LogP contribution in [0.15, 0.2) is 41.3 Å². The number of hydrogen-bond donors (Lipinski definition) is 1. The molecule has 1 saturated carbocycles. The first-order valence-electron chi connectivity index (χ1n) is 12.3. The van der Waals surface area contributed by atoms with E-state index in [4.69, 9.17) is 16.3 Å². The molecule has 0 unspecified atom stereocenters. The maximum atomic E-state index is 13.8. The Morgan fingerprint density at radius 2 is 1.78 bits per heavy atom. The van der Waals surface area contributed by atoms with Crippen molar-refractivity contribution in [2.24, 2.45) is 0 Å². The third-order valence-electron chi connectivity index (χ3n) is 7.69. The van der Waals surface area contributed by atoms with Crippen LogP contribution in [0.4, 0.5) is 0 Å². The first kappa shape index (κ1) is 23.5. The Labute approximate surface area is 218 Å². The second-order valence-corrected chi connectivity index (χ2v) is 10.4. The van der Waals surface area contributed by atoms with Crippen molar-refractivity contribution in [3.63, 3.8) is 0 Å². The highest BCUT2D eigenvalue weighted by Gasteiger charge is 2.33. The molecule has 0 radical (unpaired) electrons. The summed E-state index contributed by atoms with van der Waals surface area (Å²) < 4.78 is 7.56. The summed E-state index contributed by atoms with van der Waals surface area (Å²) >= 11 is 6.18. The Bertz CT molecular complexity index is 1570. The summed E-state index contributed by atoms with van der Waals surface area (Å²) in [5, 5.41) is 0.685. The Morgan fingerprint density at radius 1 is 1.00 bits per heavy atom. The van der Waals surface area contributed by atoms with Crippen LogP contribution in [-0.4, -0.2) is 38.4 Å². The van der Waals surface area contributed by atoms with Gasteiger partial charge in [-0.05, 0) is 72.6 Å². The Kier molecular flexibility index (Phi) is 5.82. The van der Waals surface area contributed by atoms with Crippen LogP contribution in [0, 0.1) is 0 Å². The van der Waals surface area contributed by atoms with E-state index in [1.165, 1.54) is 0 Å². The molecule has 2 aromatic carbocycles. The van der Waals surface area contributed by atoms with Crippen LogP contribution < -0.4 is 5.56 Å². The maximum Gasteiger partial charge on any atom is 0.274 e. The zero-order valence-electron chi connectivity index (χ0n) is 19.6. The van der Waals surface area contributed by atoms with E-state index < -0.39 is 0 Å². The second kappa shape index (κ2) is 8.91. The smallest absolute Gasteiger partial charge is 0.274 e. The first-order chi connectivity index (χ1) is 17.1. The Morgan fingerprint density at radius 3 is 2.56 bits per heavy atom. The van der Waals surface area contributed by atoms with E-state index >= 15 is 0 Å². The van der Waals surface area contributed by atoms with Gasteiger partial charge in [0.05, 0.1) is 17.2 Å². The van der Waals surface area contributed by atoms with Gasteiger partial charge in [-0.1, -0.05) is 17.7 Å². The highest BCUT2D eigenvalue weighted by Crippen LogP contribution is 2.43. The molecule has 2 aliphatic heterocycles. The molecule has 0 bridgehead atoms. The minimum atomic E-state index is -0.191. The number of aromatic amines is 1. The molecule has 186 valence electrons. The van der Waals surface area contributed by atoms with Crippen molar-refractivity contribution in [3.8, 4) is 0 Å². The molecule has 2 aromatic heterocycles. The van der Waals surface area contributed by atoms with Gasteiger partial charge >= 0.3 is 0 Å². The van der Waals surface area contributed by atoms with Crippen molar-refractivity contribution in [2.45, 2.75) is 50.6 Å². The van der Waals surface area contributed by atoms with Crippen LogP contribution in [0.2, 0.25) is 5.02 Å². The fourth-order valence-electron chi connectivity index (χ4n) is 5.69. The number of halogens is 2. The van der Waals surface area contributed by atoms with Crippen molar-refractivity contribution in [1.29, 1.82) is 0 Å². The lowest BCUT2D eigenvalue weighted by atomic mass is 9.98. The molecule has 1 saturated heterocycles. The van der Waals surface area contributed by atoms with E-state index in [1.54, 1.807) is 6.20 Å². The molecule has 1 N–H and O–H groups in total. The maximum absolute atomic E-state index is 13.8. The van der Waals surface area contributed by atoms with Gasteiger partial charge in [-0.15, -0.1) is 12.4 Å². The number of imidazole rings is 1. The molecule has 1 amide bonds. The molecule has 9 heteroatoms. The molecule has 7 rings (SSSR count). The summed E-state index contributed by atoms with van der Waals surface area (Å²) in [7, 11) is 0. The average molecular weight is 525 g/mol.